The normalized spacial score (nSPS) is 21.3. The first-order chi connectivity index (χ1) is 8.27. The molecule has 1 aliphatic rings. The van der Waals surface area contributed by atoms with Crippen LogP contribution in [0.2, 0.25) is 0 Å². The van der Waals surface area contributed by atoms with Crippen LogP contribution in [-0.2, 0) is 15.9 Å². The minimum absolute atomic E-state index is 0.290. The van der Waals surface area contributed by atoms with E-state index in [2.05, 4.69) is 46.8 Å². The van der Waals surface area contributed by atoms with Gasteiger partial charge in [-0.1, -0.05) is 23.8 Å². The molecule has 1 fully saturated rings. The van der Waals surface area contributed by atoms with Gasteiger partial charge in [-0.15, -0.1) is 0 Å². The number of hydrogen-bond donors (Lipinski definition) is 1. The zero-order valence-corrected chi connectivity index (χ0v) is 11.9. The topological polar surface area (TPSA) is 44.5 Å². The second kappa shape index (κ2) is 4.37. The highest BCUT2D eigenvalue weighted by molar-refractivity contribution is 6.62. The SMILES string of the molecule is Cc1cc(CN)ccc1B1OC(C)(C)C(C)(C)O1. The number of hydrogen-bond acceptors (Lipinski definition) is 3. The predicted octanol–water partition coefficient (Wildman–Crippen LogP) is 1.75. The van der Waals surface area contributed by atoms with Gasteiger partial charge in [0.2, 0.25) is 0 Å². The molecule has 0 atom stereocenters. The maximum absolute atomic E-state index is 6.05. The molecule has 0 unspecified atom stereocenters. The van der Waals surface area contributed by atoms with E-state index in [1.165, 1.54) is 0 Å². The Balaban J connectivity index is 2.30. The molecule has 0 radical (unpaired) electrons. The van der Waals surface area contributed by atoms with Crippen LogP contribution in [0, 0.1) is 6.92 Å². The Morgan fingerprint density at radius 3 is 2.11 bits per heavy atom. The van der Waals surface area contributed by atoms with Crippen molar-refractivity contribution in [1.29, 1.82) is 0 Å². The number of benzene rings is 1. The van der Waals surface area contributed by atoms with E-state index in [-0.39, 0.29) is 18.3 Å². The third kappa shape index (κ3) is 2.20. The van der Waals surface area contributed by atoms with Crippen LogP contribution >= 0.6 is 0 Å². The Morgan fingerprint density at radius 1 is 1.11 bits per heavy atom. The second-order valence-corrected chi connectivity index (χ2v) is 5.98. The molecule has 18 heavy (non-hydrogen) atoms. The van der Waals surface area contributed by atoms with Gasteiger partial charge in [0.1, 0.15) is 0 Å². The van der Waals surface area contributed by atoms with Gasteiger partial charge >= 0.3 is 7.12 Å². The molecule has 0 bridgehead atoms. The molecule has 0 aromatic heterocycles. The molecule has 0 aliphatic carbocycles. The van der Waals surface area contributed by atoms with Gasteiger partial charge in [-0.2, -0.15) is 0 Å². The summed E-state index contributed by atoms with van der Waals surface area (Å²) in [5, 5.41) is 0. The van der Waals surface area contributed by atoms with Gasteiger partial charge in [-0.25, -0.2) is 0 Å². The summed E-state index contributed by atoms with van der Waals surface area (Å²) in [6, 6.07) is 6.19. The lowest BCUT2D eigenvalue weighted by Crippen LogP contribution is -2.41. The maximum Gasteiger partial charge on any atom is 0.495 e. The predicted molar refractivity (Wildman–Crippen MR) is 74.8 cm³/mol. The summed E-state index contributed by atoms with van der Waals surface area (Å²) in [7, 11) is -0.290. The Labute approximate surface area is 110 Å². The molecule has 1 saturated heterocycles. The van der Waals surface area contributed by atoms with Crippen molar-refractivity contribution in [3.05, 3.63) is 29.3 Å². The highest BCUT2D eigenvalue weighted by Gasteiger charge is 2.51. The van der Waals surface area contributed by atoms with E-state index in [0.717, 1.165) is 16.6 Å². The van der Waals surface area contributed by atoms with Gasteiger partial charge in [0, 0.05) is 6.54 Å². The average molecular weight is 247 g/mol. The summed E-state index contributed by atoms with van der Waals surface area (Å²) in [4.78, 5) is 0. The summed E-state index contributed by atoms with van der Waals surface area (Å²) >= 11 is 0. The zero-order valence-electron chi connectivity index (χ0n) is 11.9. The molecular formula is C14H22BNO2. The molecule has 0 saturated carbocycles. The van der Waals surface area contributed by atoms with Crippen molar-refractivity contribution in [3.63, 3.8) is 0 Å². The van der Waals surface area contributed by atoms with Crippen molar-refractivity contribution >= 4 is 12.6 Å². The summed E-state index contributed by atoms with van der Waals surface area (Å²) in [5.74, 6) is 0. The van der Waals surface area contributed by atoms with Crippen molar-refractivity contribution in [2.75, 3.05) is 0 Å². The standard InChI is InChI=1S/C14H22BNO2/c1-10-8-11(9-16)6-7-12(10)15-17-13(2,3)14(4,5)18-15/h6-8H,9,16H2,1-5H3. The van der Waals surface area contributed by atoms with E-state index < -0.39 is 0 Å². The van der Waals surface area contributed by atoms with Crippen LogP contribution in [0.4, 0.5) is 0 Å². The summed E-state index contributed by atoms with van der Waals surface area (Å²) in [6.07, 6.45) is 0. The molecule has 1 heterocycles. The van der Waals surface area contributed by atoms with Crippen LogP contribution < -0.4 is 11.2 Å². The number of nitrogens with two attached hydrogens (primary N) is 1. The Hall–Kier alpha value is -0.835. The molecule has 1 aromatic rings. The Kier molecular flexibility index (Phi) is 3.30. The van der Waals surface area contributed by atoms with Gasteiger partial charge < -0.3 is 15.0 Å². The smallest absolute Gasteiger partial charge is 0.399 e. The highest BCUT2D eigenvalue weighted by atomic mass is 16.7. The molecule has 98 valence electrons. The Morgan fingerprint density at radius 2 is 1.67 bits per heavy atom. The van der Waals surface area contributed by atoms with E-state index >= 15 is 0 Å². The molecule has 3 nitrogen and oxygen atoms in total. The third-order valence-electron chi connectivity index (χ3n) is 4.08. The second-order valence-electron chi connectivity index (χ2n) is 5.98. The minimum Gasteiger partial charge on any atom is -0.399 e. The molecule has 4 heteroatoms. The first kappa shape index (κ1) is 13.6. The monoisotopic (exact) mass is 247 g/mol. The molecule has 0 spiro atoms. The van der Waals surface area contributed by atoms with Crippen LogP contribution in [0.5, 0.6) is 0 Å². The fourth-order valence-corrected chi connectivity index (χ4v) is 2.10. The number of aryl methyl sites for hydroxylation is 1. The van der Waals surface area contributed by atoms with Gasteiger partial charge in [0.05, 0.1) is 11.2 Å². The molecule has 2 N–H and O–H groups in total. The van der Waals surface area contributed by atoms with E-state index in [4.69, 9.17) is 15.0 Å². The van der Waals surface area contributed by atoms with Gasteiger partial charge in [0.15, 0.2) is 0 Å². The minimum atomic E-state index is -0.295. The highest BCUT2D eigenvalue weighted by Crippen LogP contribution is 2.36. The molecule has 2 rings (SSSR count). The first-order valence-corrected chi connectivity index (χ1v) is 6.42. The maximum atomic E-state index is 6.05. The van der Waals surface area contributed by atoms with Crippen molar-refractivity contribution in [1.82, 2.24) is 0 Å². The van der Waals surface area contributed by atoms with Crippen LogP contribution in [0.15, 0.2) is 18.2 Å². The van der Waals surface area contributed by atoms with Crippen LogP contribution in [-0.4, -0.2) is 18.3 Å². The first-order valence-electron chi connectivity index (χ1n) is 6.42. The fraction of sp³-hybridized carbons (Fsp3) is 0.571. The summed E-state index contributed by atoms with van der Waals surface area (Å²) in [6.45, 7) is 10.9. The third-order valence-corrected chi connectivity index (χ3v) is 4.08. The number of rotatable bonds is 2. The van der Waals surface area contributed by atoms with E-state index in [1.54, 1.807) is 0 Å². The van der Waals surface area contributed by atoms with Gasteiger partial charge in [-0.3, -0.25) is 0 Å². The summed E-state index contributed by atoms with van der Waals surface area (Å²) in [5.41, 5.74) is 8.44. The van der Waals surface area contributed by atoms with Gasteiger partial charge in [-0.05, 0) is 45.6 Å². The van der Waals surface area contributed by atoms with Crippen molar-refractivity contribution in [2.24, 2.45) is 5.73 Å². The lowest BCUT2D eigenvalue weighted by molar-refractivity contribution is 0.00578. The van der Waals surface area contributed by atoms with Gasteiger partial charge in [0.25, 0.3) is 0 Å². The van der Waals surface area contributed by atoms with Crippen molar-refractivity contribution < 1.29 is 9.31 Å². The van der Waals surface area contributed by atoms with E-state index in [9.17, 15) is 0 Å². The van der Waals surface area contributed by atoms with Crippen LogP contribution in [0.3, 0.4) is 0 Å². The largest absolute Gasteiger partial charge is 0.495 e. The van der Waals surface area contributed by atoms with E-state index in [0.29, 0.717) is 6.54 Å². The summed E-state index contributed by atoms with van der Waals surface area (Å²) < 4.78 is 12.1. The van der Waals surface area contributed by atoms with E-state index in [1.807, 2.05) is 6.07 Å². The molecule has 1 aromatic carbocycles. The quantitative estimate of drug-likeness (QED) is 0.810. The lowest BCUT2D eigenvalue weighted by Gasteiger charge is -2.32. The zero-order chi connectivity index (χ0) is 13.6. The van der Waals surface area contributed by atoms with Crippen LogP contribution in [0.1, 0.15) is 38.8 Å². The molecule has 0 amide bonds. The fourth-order valence-electron chi connectivity index (χ4n) is 2.10. The van der Waals surface area contributed by atoms with Crippen molar-refractivity contribution in [3.8, 4) is 0 Å². The molecule has 1 aliphatic heterocycles. The molecular weight excluding hydrogens is 225 g/mol. The Bertz CT molecular complexity index is 441. The van der Waals surface area contributed by atoms with Crippen molar-refractivity contribution in [2.45, 2.75) is 52.4 Å². The van der Waals surface area contributed by atoms with Crippen LogP contribution in [0.25, 0.3) is 0 Å². The average Bonchev–Trinajstić information content (AvgIpc) is 2.47. The lowest BCUT2D eigenvalue weighted by atomic mass is 9.76.